The summed E-state index contributed by atoms with van der Waals surface area (Å²) in [7, 11) is 0. The highest BCUT2D eigenvalue weighted by Gasteiger charge is 2.38. The maximum absolute atomic E-state index is 13.8. The molecule has 1 aliphatic heterocycles. The van der Waals surface area contributed by atoms with Gasteiger partial charge in [-0.25, -0.2) is 4.39 Å². The fourth-order valence-electron chi connectivity index (χ4n) is 2.71. The first-order valence-corrected chi connectivity index (χ1v) is 7.69. The van der Waals surface area contributed by atoms with Crippen molar-refractivity contribution in [2.75, 3.05) is 12.3 Å². The molecule has 0 amide bonds. The predicted octanol–water partition coefficient (Wildman–Crippen LogP) is 4.07. The second-order valence-electron chi connectivity index (χ2n) is 5.26. The summed E-state index contributed by atoms with van der Waals surface area (Å²) in [5.41, 5.74) is 1.80. The second kappa shape index (κ2) is 5.62. The third kappa shape index (κ3) is 2.72. The van der Waals surface area contributed by atoms with Crippen LogP contribution >= 0.6 is 11.8 Å². The van der Waals surface area contributed by atoms with Crippen LogP contribution in [0.3, 0.4) is 0 Å². The maximum Gasteiger partial charge on any atom is 0.126 e. The minimum Gasteiger partial charge on any atom is -0.309 e. The number of nitrogens with one attached hydrogen (secondary N) is 1. The Morgan fingerprint density at radius 3 is 2.83 bits per heavy atom. The lowest BCUT2D eigenvalue weighted by Gasteiger charge is -2.34. The molecule has 3 heteroatoms. The van der Waals surface area contributed by atoms with Gasteiger partial charge in [0.1, 0.15) is 5.82 Å². The highest BCUT2D eigenvalue weighted by atomic mass is 32.2. The molecule has 0 aromatic heterocycles. The molecule has 1 saturated heterocycles. The van der Waals surface area contributed by atoms with Crippen LogP contribution in [0.25, 0.3) is 0 Å². The van der Waals surface area contributed by atoms with E-state index in [2.05, 4.69) is 25.2 Å². The number of aryl methyl sites for hydroxylation is 1. The van der Waals surface area contributed by atoms with Crippen LogP contribution in [0.4, 0.5) is 4.39 Å². The molecule has 1 aromatic carbocycles. The molecule has 100 valence electrons. The van der Waals surface area contributed by atoms with Gasteiger partial charge in [0.15, 0.2) is 0 Å². The van der Waals surface area contributed by atoms with Crippen molar-refractivity contribution in [3.8, 4) is 0 Å². The van der Waals surface area contributed by atoms with Crippen molar-refractivity contribution in [3.05, 3.63) is 35.1 Å². The van der Waals surface area contributed by atoms with Crippen LogP contribution in [0.5, 0.6) is 0 Å². The first-order valence-electron chi connectivity index (χ1n) is 6.70. The van der Waals surface area contributed by atoms with Crippen LogP contribution in [0.15, 0.2) is 18.2 Å². The normalized spacial score (nSPS) is 25.3. The van der Waals surface area contributed by atoms with Gasteiger partial charge in [-0.15, -0.1) is 0 Å². The van der Waals surface area contributed by atoms with E-state index in [1.165, 1.54) is 18.6 Å². The first-order chi connectivity index (χ1) is 8.57. The zero-order valence-electron chi connectivity index (χ0n) is 11.4. The SMILES string of the molecule is CCNC(c1ccc(C)c(F)c1)C1(C)CCCS1. The van der Waals surface area contributed by atoms with Crippen LogP contribution in [0, 0.1) is 12.7 Å². The summed E-state index contributed by atoms with van der Waals surface area (Å²) in [5, 5.41) is 3.54. The van der Waals surface area contributed by atoms with Crippen LogP contribution < -0.4 is 5.32 Å². The fourth-order valence-corrected chi connectivity index (χ4v) is 4.14. The predicted molar refractivity (Wildman–Crippen MR) is 77.7 cm³/mol. The Bertz CT molecular complexity index is 413. The molecule has 0 spiro atoms. The third-order valence-electron chi connectivity index (χ3n) is 3.80. The summed E-state index contributed by atoms with van der Waals surface area (Å²) in [5.74, 6) is 1.12. The minimum absolute atomic E-state index is 0.0954. The number of benzene rings is 1. The number of hydrogen-bond donors (Lipinski definition) is 1. The lowest BCUT2D eigenvalue weighted by atomic mass is 9.89. The Hall–Kier alpha value is -0.540. The van der Waals surface area contributed by atoms with Crippen LogP contribution in [0.2, 0.25) is 0 Å². The standard InChI is InChI=1S/C15H22FNS/c1-4-17-14(15(3)8-5-9-18-15)12-7-6-11(2)13(16)10-12/h6-7,10,14,17H,4-5,8-9H2,1-3H3. The average Bonchev–Trinajstić information content (AvgIpc) is 2.78. The van der Waals surface area contributed by atoms with E-state index in [1.807, 2.05) is 24.8 Å². The van der Waals surface area contributed by atoms with Crippen LogP contribution in [0.1, 0.15) is 43.9 Å². The quantitative estimate of drug-likeness (QED) is 0.882. The van der Waals surface area contributed by atoms with Crippen molar-refractivity contribution in [2.24, 2.45) is 0 Å². The highest BCUT2D eigenvalue weighted by molar-refractivity contribution is 8.00. The largest absolute Gasteiger partial charge is 0.309 e. The summed E-state index contributed by atoms with van der Waals surface area (Å²) in [6.07, 6.45) is 2.46. The molecule has 1 aromatic rings. The van der Waals surface area contributed by atoms with Gasteiger partial charge in [-0.3, -0.25) is 0 Å². The number of hydrogen-bond acceptors (Lipinski definition) is 2. The number of halogens is 1. The van der Waals surface area contributed by atoms with Crippen molar-refractivity contribution >= 4 is 11.8 Å². The average molecular weight is 267 g/mol. The fraction of sp³-hybridized carbons (Fsp3) is 0.600. The van der Waals surface area contributed by atoms with Gasteiger partial charge in [0.05, 0.1) is 0 Å². The monoisotopic (exact) mass is 267 g/mol. The smallest absolute Gasteiger partial charge is 0.126 e. The van der Waals surface area contributed by atoms with Gasteiger partial charge in [-0.1, -0.05) is 19.1 Å². The highest BCUT2D eigenvalue weighted by Crippen LogP contribution is 2.46. The Morgan fingerprint density at radius 1 is 1.50 bits per heavy atom. The minimum atomic E-state index is -0.0954. The molecule has 2 atom stereocenters. The van der Waals surface area contributed by atoms with Gasteiger partial charge >= 0.3 is 0 Å². The lowest BCUT2D eigenvalue weighted by molar-refractivity contribution is 0.419. The summed E-state index contributed by atoms with van der Waals surface area (Å²) in [4.78, 5) is 0. The van der Waals surface area contributed by atoms with E-state index in [-0.39, 0.29) is 16.6 Å². The van der Waals surface area contributed by atoms with Gasteiger partial charge in [0, 0.05) is 10.8 Å². The molecular formula is C15H22FNS. The van der Waals surface area contributed by atoms with Gasteiger partial charge in [0.25, 0.3) is 0 Å². The zero-order valence-corrected chi connectivity index (χ0v) is 12.2. The summed E-state index contributed by atoms with van der Waals surface area (Å²) >= 11 is 2.01. The van der Waals surface area contributed by atoms with Gasteiger partial charge in [-0.05, 0) is 56.2 Å². The summed E-state index contributed by atoms with van der Waals surface area (Å²) in [6.45, 7) is 7.14. The molecule has 1 heterocycles. The summed E-state index contributed by atoms with van der Waals surface area (Å²) in [6, 6.07) is 5.89. The third-order valence-corrected chi connectivity index (χ3v) is 5.39. The van der Waals surface area contributed by atoms with E-state index in [1.54, 1.807) is 6.07 Å². The Kier molecular flexibility index (Phi) is 4.33. The number of rotatable bonds is 4. The molecule has 1 aliphatic rings. The van der Waals surface area contributed by atoms with Crippen LogP contribution in [-0.2, 0) is 0 Å². The molecule has 0 aliphatic carbocycles. The van der Waals surface area contributed by atoms with Crippen molar-refractivity contribution in [2.45, 2.75) is 44.4 Å². The van der Waals surface area contributed by atoms with Crippen molar-refractivity contribution < 1.29 is 4.39 Å². The van der Waals surface area contributed by atoms with E-state index in [4.69, 9.17) is 0 Å². The van der Waals surface area contributed by atoms with E-state index in [9.17, 15) is 4.39 Å². The van der Waals surface area contributed by atoms with Crippen molar-refractivity contribution in [1.29, 1.82) is 0 Å². The van der Waals surface area contributed by atoms with E-state index in [0.717, 1.165) is 17.7 Å². The zero-order chi connectivity index (χ0) is 13.2. The van der Waals surface area contributed by atoms with E-state index >= 15 is 0 Å². The van der Waals surface area contributed by atoms with Gasteiger partial charge in [-0.2, -0.15) is 11.8 Å². The maximum atomic E-state index is 13.8. The molecular weight excluding hydrogens is 245 g/mol. The molecule has 0 radical (unpaired) electrons. The molecule has 0 saturated carbocycles. The van der Waals surface area contributed by atoms with Crippen LogP contribution in [-0.4, -0.2) is 17.0 Å². The number of thioether (sulfide) groups is 1. The molecule has 0 bridgehead atoms. The van der Waals surface area contributed by atoms with Crippen molar-refractivity contribution in [1.82, 2.24) is 5.32 Å². The lowest BCUT2D eigenvalue weighted by Crippen LogP contribution is -2.37. The summed E-state index contributed by atoms with van der Waals surface area (Å²) < 4.78 is 13.9. The Balaban J connectivity index is 2.31. The Morgan fingerprint density at radius 2 is 2.28 bits per heavy atom. The Labute approximate surface area is 114 Å². The van der Waals surface area contributed by atoms with Gasteiger partial charge in [0.2, 0.25) is 0 Å². The van der Waals surface area contributed by atoms with E-state index in [0.29, 0.717) is 0 Å². The molecule has 2 unspecified atom stereocenters. The van der Waals surface area contributed by atoms with Gasteiger partial charge < -0.3 is 5.32 Å². The first kappa shape index (κ1) is 13.9. The molecule has 1 fully saturated rings. The molecule has 1 N–H and O–H groups in total. The molecule has 2 rings (SSSR count). The second-order valence-corrected chi connectivity index (χ2v) is 6.89. The van der Waals surface area contributed by atoms with Crippen molar-refractivity contribution in [3.63, 3.8) is 0 Å². The van der Waals surface area contributed by atoms with E-state index < -0.39 is 0 Å². The molecule has 1 nitrogen and oxygen atoms in total. The molecule has 18 heavy (non-hydrogen) atoms. The topological polar surface area (TPSA) is 12.0 Å².